The molecule has 0 aliphatic heterocycles. The molecule has 0 saturated heterocycles. The fraction of sp³-hybridized carbons (Fsp3) is 0.214. The van der Waals surface area contributed by atoms with Gasteiger partial charge >= 0.3 is 5.69 Å². The standard InChI is InChI=1S/C14H14N2O5/c1-15-6-5-10(8-15)13(17)9-21-14-7-11(20-2)3-4-12(14)16(18)19/h3-8H,9H2,1-2H3. The topological polar surface area (TPSA) is 83.6 Å². The Balaban J connectivity index is 2.15. The van der Waals surface area contributed by atoms with Gasteiger partial charge in [-0.1, -0.05) is 0 Å². The van der Waals surface area contributed by atoms with E-state index in [1.807, 2.05) is 0 Å². The zero-order chi connectivity index (χ0) is 15.4. The number of methoxy groups -OCH3 is 1. The van der Waals surface area contributed by atoms with E-state index in [0.29, 0.717) is 11.3 Å². The Hall–Kier alpha value is -2.83. The highest BCUT2D eigenvalue weighted by Gasteiger charge is 2.18. The van der Waals surface area contributed by atoms with Crippen LogP contribution in [-0.4, -0.2) is 29.0 Å². The number of benzene rings is 1. The van der Waals surface area contributed by atoms with Gasteiger partial charge in [-0.25, -0.2) is 0 Å². The third-order valence-electron chi connectivity index (χ3n) is 2.88. The van der Waals surface area contributed by atoms with E-state index in [9.17, 15) is 14.9 Å². The number of Topliss-reactive ketones (excluding diaryl/α,β-unsaturated/α-hetero) is 1. The van der Waals surface area contributed by atoms with Crippen molar-refractivity contribution in [1.82, 2.24) is 4.57 Å². The highest BCUT2D eigenvalue weighted by Crippen LogP contribution is 2.31. The van der Waals surface area contributed by atoms with Crippen molar-refractivity contribution in [2.24, 2.45) is 7.05 Å². The van der Waals surface area contributed by atoms with Crippen LogP contribution in [0.15, 0.2) is 36.7 Å². The fourth-order valence-corrected chi connectivity index (χ4v) is 1.78. The molecule has 21 heavy (non-hydrogen) atoms. The minimum atomic E-state index is -0.568. The second-order valence-electron chi connectivity index (χ2n) is 4.37. The largest absolute Gasteiger partial charge is 0.497 e. The number of ether oxygens (including phenoxy) is 2. The number of carbonyl (C=O) groups excluding carboxylic acids is 1. The first kappa shape index (κ1) is 14.6. The predicted molar refractivity (Wildman–Crippen MR) is 74.9 cm³/mol. The van der Waals surface area contributed by atoms with Crippen LogP contribution in [0.4, 0.5) is 5.69 Å². The predicted octanol–water partition coefficient (Wildman–Crippen LogP) is 2.20. The number of aromatic nitrogens is 1. The van der Waals surface area contributed by atoms with Crippen molar-refractivity contribution < 1.29 is 19.2 Å². The van der Waals surface area contributed by atoms with Gasteiger partial charge in [0.15, 0.2) is 6.61 Å². The van der Waals surface area contributed by atoms with Gasteiger partial charge in [-0.2, -0.15) is 0 Å². The molecule has 0 bridgehead atoms. The molecule has 7 nitrogen and oxygen atoms in total. The Morgan fingerprint density at radius 3 is 2.71 bits per heavy atom. The molecule has 0 saturated carbocycles. The molecule has 1 aromatic heterocycles. The minimum absolute atomic E-state index is 0.00336. The van der Waals surface area contributed by atoms with Gasteiger partial charge < -0.3 is 14.0 Å². The van der Waals surface area contributed by atoms with Gasteiger partial charge in [0.25, 0.3) is 0 Å². The van der Waals surface area contributed by atoms with E-state index >= 15 is 0 Å². The van der Waals surface area contributed by atoms with Crippen LogP contribution >= 0.6 is 0 Å². The third kappa shape index (κ3) is 3.38. The van der Waals surface area contributed by atoms with Crippen molar-refractivity contribution in [1.29, 1.82) is 0 Å². The van der Waals surface area contributed by atoms with E-state index in [1.165, 1.54) is 25.3 Å². The summed E-state index contributed by atoms with van der Waals surface area (Å²) in [5, 5.41) is 10.9. The van der Waals surface area contributed by atoms with Crippen LogP contribution in [-0.2, 0) is 7.05 Å². The number of ketones is 1. The third-order valence-corrected chi connectivity index (χ3v) is 2.88. The van der Waals surface area contributed by atoms with Gasteiger partial charge in [-0.05, 0) is 12.1 Å². The van der Waals surface area contributed by atoms with Crippen molar-refractivity contribution >= 4 is 11.5 Å². The summed E-state index contributed by atoms with van der Waals surface area (Å²) in [4.78, 5) is 22.3. The van der Waals surface area contributed by atoms with E-state index in [4.69, 9.17) is 9.47 Å². The summed E-state index contributed by atoms with van der Waals surface area (Å²) >= 11 is 0. The molecular formula is C14H14N2O5. The summed E-state index contributed by atoms with van der Waals surface area (Å²) in [5.41, 5.74) is 0.278. The lowest BCUT2D eigenvalue weighted by molar-refractivity contribution is -0.385. The summed E-state index contributed by atoms with van der Waals surface area (Å²) in [6.07, 6.45) is 3.40. The lowest BCUT2D eigenvalue weighted by Crippen LogP contribution is -2.11. The van der Waals surface area contributed by atoms with Crippen LogP contribution in [0.25, 0.3) is 0 Å². The number of carbonyl (C=O) groups is 1. The van der Waals surface area contributed by atoms with E-state index in [1.54, 1.807) is 30.1 Å². The van der Waals surface area contributed by atoms with Gasteiger partial charge in [0, 0.05) is 37.1 Å². The first-order valence-electron chi connectivity index (χ1n) is 6.11. The van der Waals surface area contributed by atoms with Crippen LogP contribution in [0.3, 0.4) is 0 Å². The molecular weight excluding hydrogens is 276 g/mol. The van der Waals surface area contributed by atoms with Gasteiger partial charge in [-0.3, -0.25) is 14.9 Å². The summed E-state index contributed by atoms with van der Waals surface area (Å²) in [5.74, 6) is 0.166. The average Bonchev–Trinajstić information content (AvgIpc) is 2.90. The van der Waals surface area contributed by atoms with Gasteiger partial charge in [0.05, 0.1) is 12.0 Å². The van der Waals surface area contributed by atoms with Crippen LogP contribution in [0, 0.1) is 10.1 Å². The monoisotopic (exact) mass is 290 g/mol. The molecule has 0 radical (unpaired) electrons. The molecule has 1 heterocycles. The molecule has 110 valence electrons. The van der Waals surface area contributed by atoms with Crippen molar-refractivity contribution in [2.75, 3.05) is 13.7 Å². The van der Waals surface area contributed by atoms with Gasteiger partial charge in [-0.15, -0.1) is 0 Å². The van der Waals surface area contributed by atoms with Crippen LogP contribution in [0.1, 0.15) is 10.4 Å². The number of hydrogen-bond acceptors (Lipinski definition) is 5. The molecule has 0 aliphatic carbocycles. The zero-order valence-electron chi connectivity index (χ0n) is 11.6. The number of hydrogen-bond donors (Lipinski definition) is 0. The first-order chi connectivity index (χ1) is 10.0. The maximum Gasteiger partial charge on any atom is 0.311 e. The highest BCUT2D eigenvalue weighted by atomic mass is 16.6. The molecule has 0 spiro atoms. The maximum absolute atomic E-state index is 11.9. The number of nitro groups is 1. The number of nitrogens with zero attached hydrogens (tertiary/aromatic N) is 2. The van der Waals surface area contributed by atoms with Gasteiger partial charge in [0.1, 0.15) is 5.75 Å². The van der Waals surface area contributed by atoms with Crippen LogP contribution < -0.4 is 9.47 Å². The molecule has 2 aromatic rings. The van der Waals surface area contributed by atoms with E-state index in [-0.39, 0.29) is 23.8 Å². The Bertz CT molecular complexity index is 678. The van der Waals surface area contributed by atoms with Crippen molar-refractivity contribution in [3.63, 3.8) is 0 Å². The van der Waals surface area contributed by atoms with E-state index in [0.717, 1.165) is 0 Å². The van der Waals surface area contributed by atoms with Crippen LogP contribution in [0.5, 0.6) is 11.5 Å². The number of aryl methyl sites for hydroxylation is 1. The Morgan fingerprint density at radius 2 is 2.14 bits per heavy atom. The smallest absolute Gasteiger partial charge is 0.311 e. The van der Waals surface area contributed by atoms with Crippen molar-refractivity contribution in [3.8, 4) is 11.5 Å². The minimum Gasteiger partial charge on any atom is -0.497 e. The summed E-state index contributed by atoms with van der Waals surface area (Å²) < 4.78 is 12.0. The van der Waals surface area contributed by atoms with Crippen molar-refractivity contribution in [2.45, 2.75) is 0 Å². The highest BCUT2D eigenvalue weighted by molar-refractivity contribution is 5.97. The molecule has 0 fully saturated rings. The second-order valence-corrected chi connectivity index (χ2v) is 4.37. The molecule has 1 aromatic carbocycles. The average molecular weight is 290 g/mol. The van der Waals surface area contributed by atoms with Crippen molar-refractivity contribution in [3.05, 3.63) is 52.3 Å². The number of nitro benzene ring substituents is 1. The van der Waals surface area contributed by atoms with Crippen LogP contribution in [0.2, 0.25) is 0 Å². The quantitative estimate of drug-likeness (QED) is 0.462. The molecule has 0 N–H and O–H groups in total. The molecule has 0 amide bonds. The fourth-order valence-electron chi connectivity index (χ4n) is 1.78. The number of rotatable bonds is 6. The van der Waals surface area contributed by atoms with E-state index < -0.39 is 4.92 Å². The summed E-state index contributed by atoms with van der Waals surface area (Å²) in [7, 11) is 3.24. The van der Waals surface area contributed by atoms with Gasteiger partial charge in [0.2, 0.25) is 11.5 Å². The zero-order valence-corrected chi connectivity index (χ0v) is 11.6. The summed E-state index contributed by atoms with van der Waals surface area (Å²) in [6.45, 7) is -0.280. The lowest BCUT2D eigenvalue weighted by atomic mass is 10.2. The molecule has 7 heteroatoms. The maximum atomic E-state index is 11.9. The summed E-state index contributed by atoms with van der Waals surface area (Å²) in [6, 6.07) is 5.78. The molecule has 0 atom stereocenters. The normalized spacial score (nSPS) is 10.2. The Kier molecular flexibility index (Phi) is 4.22. The lowest BCUT2D eigenvalue weighted by Gasteiger charge is -2.07. The Morgan fingerprint density at radius 1 is 1.38 bits per heavy atom. The second kappa shape index (κ2) is 6.08. The molecule has 0 aliphatic rings. The first-order valence-corrected chi connectivity index (χ1v) is 6.11. The Labute approximate surface area is 120 Å². The molecule has 2 rings (SSSR count). The van der Waals surface area contributed by atoms with E-state index in [2.05, 4.69) is 0 Å². The SMILES string of the molecule is COc1ccc([N+](=O)[O-])c(OCC(=O)c2ccn(C)c2)c1. The molecule has 0 unspecified atom stereocenters.